The predicted octanol–water partition coefficient (Wildman–Crippen LogP) is 5.39. The van der Waals surface area contributed by atoms with Crippen LogP contribution in [0.25, 0.3) is 0 Å². The summed E-state index contributed by atoms with van der Waals surface area (Å²) in [5.41, 5.74) is 7.04. The van der Waals surface area contributed by atoms with E-state index in [9.17, 15) is 19.8 Å². The maximum Gasteiger partial charge on any atom is 0.333 e. The fourth-order valence-electron chi connectivity index (χ4n) is 4.50. The van der Waals surface area contributed by atoms with Crippen molar-refractivity contribution in [2.45, 2.75) is 83.6 Å². The highest BCUT2D eigenvalue weighted by Gasteiger charge is 2.47. The summed E-state index contributed by atoms with van der Waals surface area (Å²) in [6.07, 6.45) is 10.3. The van der Waals surface area contributed by atoms with Crippen molar-refractivity contribution in [3.8, 4) is 0 Å². The molecule has 162 valence electrons. The number of allylic oxidation sites excluding steroid dienone is 2. The first-order valence-electron chi connectivity index (χ1n) is 10.7. The molecule has 0 heterocycles. The Bertz CT molecular complexity index is 689. The molecule has 0 bridgehead atoms. The summed E-state index contributed by atoms with van der Waals surface area (Å²) in [5, 5.41) is 20.3. The molecule has 5 heteroatoms. The summed E-state index contributed by atoms with van der Waals surface area (Å²) in [6, 6.07) is 0. The van der Waals surface area contributed by atoms with E-state index in [2.05, 4.69) is 27.0 Å². The zero-order valence-electron chi connectivity index (χ0n) is 18.0. The Morgan fingerprint density at radius 2 is 1.59 bits per heavy atom. The van der Waals surface area contributed by atoms with Crippen molar-refractivity contribution in [1.82, 2.24) is 0 Å². The number of aliphatic carboxylic acids is 2. The van der Waals surface area contributed by atoms with Crippen LogP contribution in [0, 0.1) is 5.92 Å². The van der Waals surface area contributed by atoms with Gasteiger partial charge in [-0.3, -0.25) is 0 Å². The van der Waals surface area contributed by atoms with Gasteiger partial charge in [-0.05, 0) is 49.7 Å². The van der Waals surface area contributed by atoms with Crippen molar-refractivity contribution >= 4 is 11.9 Å². The lowest BCUT2D eigenvalue weighted by molar-refractivity contribution is -0.135. The van der Waals surface area contributed by atoms with Gasteiger partial charge in [0.05, 0.1) is 11.1 Å². The summed E-state index contributed by atoms with van der Waals surface area (Å²) in [5.74, 6) is -2.57. The van der Waals surface area contributed by atoms with Crippen molar-refractivity contribution in [2.24, 2.45) is 11.7 Å². The molecule has 4 N–H and O–H groups in total. The minimum Gasteiger partial charge on any atom is -0.478 e. The summed E-state index contributed by atoms with van der Waals surface area (Å²) in [4.78, 5) is 24.8. The van der Waals surface area contributed by atoms with Crippen LogP contribution in [0.1, 0.15) is 78.1 Å². The third-order valence-corrected chi connectivity index (χ3v) is 5.79. The molecule has 0 aliphatic heterocycles. The Kier molecular flexibility index (Phi) is 10.1. The van der Waals surface area contributed by atoms with E-state index in [0.717, 1.165) is 38.5 Å². The summed E-state index contributed by atoms with van der Waals surface area (Å²) < 4.78 is 0. The molecule has 2 atom stereocenters. The second-order valence-corrected chi connectivity index (χ2v) is 7.86. The molecule has 0 aromatic rings. The van der Waals surface area contributed by atoms with Crippen LogP contribution in [0.4, 0.5) is 0 Å². The van der Waals surface area contributed by atoms with E-state index in [0.29, 0.717) is 30.4 Å². The minimum absolute atomic E-state index is 0.164. The van der Waals surface area contributed by atoms with Crippen LogP contribution in [-0.2, 0) is 9.59 Å². The van der Waals surface area contributed by atoms with Crippen LogP contribution in [0.15, 0.2) is 47.6 Å². The molecule has 2 unspecified atom stereocenters. The lowest BCUT2D eigenvalue weighted by Gasteiger charge is -2.42. The highest BCUT2D eigenvalue weighted by molar-refractivity contribution is 5.97. The van der Waals surface area contributed by atoms with Gasteiger partial charge >= 0.3 is 11.9 Å². The molecule has 0 saturated carbocycles. The highest BCUT2D eigenvalue weighted by atomic mass is 16.4. The molecule has 1 rings (SSSR count). The maximum absolute atomic E-state index is 12.4. The quantitative estimate of drug-likeness (QED) is 0.267. The van der Waals surface area contributed by atoms with Crippen molar-refractivity contribution in [3.05, 3.63) is 47.6 Å². The Hall–Kier alpha value is -2.14. The molecule has 0 fully saturated rings. The number of rotatable bonds is 14. The Morgan fingerprint density at radius 3 is 2.03 bits per heavy atom. The Balaban J connectivity index is 3.75. The normalized spacial score (nSPS) is 22.0. The Morgan fingerprint density at radius 1 is 1.00 bits per heavy atom. The van der Waals surface area contributed by atoms with Gasteiger partial charge in [0, 0.05) is 11.5 Å². The molecule has 5 nitrogen and oxygen atoms in total. The van der Waals surface area contributed by atoms with Crippen LogP contribution >= 0.6 is 0 Å². The molecular weight excluding hydrogens is 366 g/mol. The van der Waals surface area contributed by atoms with E-state index in [1.165, 1.54) is 0 Å². The van der Waals surface area contributed by atoms with Gasteiger partial charge in [0.2, 0.25) is 0 Å². The van der Waals surface area contributed by atoms with Crippen LogP contribution in [0.5, 0.6) is 0 Å². The maximum atomic E-state index is 12.4. The fourth-order valence-corrected chi connectivity index (χ4v) is 4.50. The van der Waals surface area contributed by atoms with Gasteiger partial charge in [-0.1, -0.05) is 51.7 Å². The van der Waals surface area contributed by atoms with Crippen LogP contribution in [-0.4, -0.2) is 27.7 Å². The molecule has 29 heavy (non-hydrogen) atoms. The van der Waals surface area contributed by atoms with Crippen molar-refractivity contribution in [3.63, 3.8) is 0 Å². The van der Waals surface area contributed by atoms with Crippen LogP contribution in [0.3, 0.4) is 0 Å². The average molecular weight is 404 g/mol. The first-order valence-corrected chi connectivity index (χ1v) is 10.7. The zero-order valence-corrected chi connectivity index (χ0v) is 18.0. The molecule has 0 saturated heterocycles. The monoisotopic (exact) mass is 403 g/mol. The summed E-state index contributed by atoms with van der Waals surface area (Å²) in [7, 11) is 0. The number of nitrogens with two attached hydrogens (primary N) is 1. The van der Waals surface area contributed by atoms with Gasteiger partial charge < -0.3 is 15.9 Å². The van der Waals surface area contributed by atoms with E-state index < -0.39 is 23.4 Å². The number of hydrogen-bond donors (Lipinski definition) is 3. The first kappa shape index (κ1) is 24.9. The first-order chi connectivity index (χ1) is 13.8. The molecule has 0 spiro atoms. The standard InChI is InChI=1S/C24H37NO4/c1-5-9-11-14-18-17(13-7-3)20(22(26)27)19(15-12-10-6-2)24(25,16-8-4)21(18)23(28)29/h7-8,17H,3-6,9-16,25H2,1-2H3,(H,26,27)(H,28,29). The second kappa shape index (κ2) is 11.8. The molecule has 0 radical (unpaired) electrons. The van der Waals surface area contributed by atoms with Crippen molar-refractivity contribution in [2.75, 3.05) is 0 Å². The number of carboxylic acids is 2. The van der Waals surface area contributed by atoms with E-state index in [4.69, 9.17) is 5.73 Å². The van der Waals surface area contributed by atoms with Gasteiger partial charge in [0.25, 0.3) is 0 Å². The SMILES string of the molecule is C=CCC1C(CCCCC)=C(C(=O)O)C(N)(CC=C)C(CCCCC)=C1C(=O)O. The van der Waals surface area contributed by atoms with E-state index in [1.54, 1.807) is 12.2 Å². The minimum atomic E-state index is -1.34. The van der Waals surface area contributed by atoms with E-state index in [1.807, 2.05) is 0 Å². The van der Waals surface area contributed by atoms with E-state index >= 15 is 0 Å². The van der Waals surface area contributed by atoms with Gasteiger partial charge in [0.15, 0.2) is 0 Å². The lowest BCUT2D eigenvalue weighted by Crippen LogP contribution is -2.51. The Labute approximate surface area is 175 Å². The third kappa shape index (κ3) is 5.69. The summed E-state index contributed by atoms with van der Waals surface area (Å²) >= 11 is 0. The van der Waals surface area contributed by atoms with Crippen LogP contribution in [0.2, 0.25) is 0 Å². The molecular formula is C24H37NO4. The lowest BCUT2D eigenvalue weighted by atomic mass is 9.64. The third-order valence-electron chi connectivity index (χ3n) is 5.79. The van der Waals surface area contributed by atoms with E-state index in [-0.39, 0.29) is 17.6 Å². The fraction of sp³-hybridized carbons (Fsp3) is 0.583. The summed E-state index contributed by atoms with van der Waals surface area (Å²) in [6.45, 7) is 11.7. The number of hydrogen-bond acceptors (Lipinski definition) is 3. The smallest absolute Gasteiger partial charge is 0.333 e. The van der Waals surface area contributed by atoms with Crippen molar-refractivity contribution in [1.29, 1.82) is 0 Å². The molecule has 0 aromatic carbocycles. The average Bonchev–Trinajstić information content (AvgIpc) is 2.64. The van der Waals surface area contributed by atoms with Gasteiger partial charge in [0.1, 0.15) is 0 Å². The van der Waals surface area contributed by atoms with Gasteiger partial charge in [-0.15, -0.1) is 13.2 Å². The second-order valence-electron chi connectivity index (χ2n) is 7.86. The highest BCUT2D eigenvalue weighted by Crippen LogP contribution is 2.47. The molecule has 0 amide bonds. The topological polar surface area (TPSA) is 101 Å². The molecule has 1 aliphatic carbocycles. The largest absolute Gasteiger partial charge is 0.478 e. The van der Waals surface area contributed by atoms with Gasteiger partial charge in [-0.2, -0.15) is 0 Å². The van der Waals surface area contributed by atoms with Gasteiger partial charge in [-0.25, -0.2) is 9.59 Å². The zero-order chi connectivity index (χ0) is 22.0. The number of carbonyl (C=O) groups is 2. The predicted molar refractivity (Wildman–Crippen MR) is 118 cm³/mol. The molecule has 0 aromatic heterocycles. The number of carboxylic acid groups (broad SMARTS) is 2. The van der Waals surface area contributed by atoms with Crippen LogP contribution < -0.4 is 5.73 Å². The number of unbranched alkanes of at least 4 members (excludes halogenated alkanes) is 4. The molecule has 1 aliphatic rings. The van der Waals surface area contributed by atoms with Crippen molar-refractivity contribution < 1.29 is 19.8 Å².